The molecule has 5 heterocycles. The molecule has 5 rings (SSSR count). The minimum atomic E-state index is 0.544. The summed E-state index contributed by atoms with van der Waals surface area (Å²) in [6.07, 6.45) is 5.85. The van der Waals surface area contributed by atoms with Crippen molar-refractivity contribution in [2.45, 2.75) is 18.9 Å². The van der Waals surface area contributed by atoms with Gasteiger partial charge in [-0.05, 0) is 31.4 Å². The molecule has 2 unspecified atom stereocenters. The molecule has 0 aliphatic carbocycles. The van der Waals surface area contributed by atoms with E-state index in [0.29, 0.717) is 22.6 Å². The summed E-state index contributed by atoms with van der Waals surface area (Å²) in [6, 6.07) is 2.39. The number of nitrogens with zero attached hydrogens (tertiary/aromatic N) is 6. The van der Waals surface area contributed by atoms with Gasteiger partial charge in [-0.3, -0.25) is 4.40 Å². The molecule has 2 fully saturated rings. The zero-order valence-electron chi connectivity index (χ0n) is 12.5. The Balaban J connectivity index is 1.65. The molecule has 8 heteroatoms. The van der Waals surface area contributed by atoms with Crippen LogP contribution < -0.4 is 10.2 Å². The Morgan fingerprint density at radius 1 is 1.30 bits per heavy atom. The van der Waals surface area contributed by atoms with E-state index in [1.165, 1.54) is 12.8 Å². The molecule has 0 saturated carbocycles. The van der Waals surface area contributed by atoms with Gasteiger partial charge in [0, 0.05) is 25.3 Å². The number of rotatable bonds is 1. The molecule has 118 valence electrons. The van der Waals surface area contributed by atoms with Crippen molar-refractivity contribution in [1.29, 1.82) is 0 Å². The molecule has 2 aliphatic heterocycles. The van der Waals surface area contributed by atoms with Gasteiger partial charge in [0.15, 0.2) is 11.5 Å². The van der Waals surface area contributed by atoms with Crippen molar-refractivity contribution in [3.63, 3.8) is 0 Å². The van der Waals surface area contributed by atoms with Crippen LogP contribution in [0, 0.1) is 5.92 Å². The fraction of sp³-hybridized carbons (Fsp3) is 0.467. The molecule has 2 atom stereocenters. The first-order valence-corrected chi connectivity index (χ1v) is 8.31. The number of hydrogen-bond donors (Lipinski definition) is 1. The highest BCUT2D eigenvalue weighted by atomic mass is 35.5. The van der Waals surface area contributed by atoms with E-state index < -0.39 is 0 Å². The molecule has 1 N–H and O–H groups in total. The van der Waals surface area contributed by atoms with Crippen LogP contribution in [-0.2, 0) is 0 Å². The number of pyridine rings is 1. The van der Waals surface area contributed by atoms with E-state index in [-0.39, 0.29) is 0 Å². The van der Waals surface area contributed by atoms with Crippen molar-refractivity contribution >= 4 is 34.2 Å². The van der Waals surface area contributed by atoms with E-state index in [2.05, 4.69) is 25.4 Å². The lowest BCUT2D eigenvalue weighted by molar-refractivity contribution is 0.340. The van der Waals surface area contributed by atoms with E-state index in [1.54, 1.807) is 12.5 Å². The van der Waals surface area contributed by atoms with E-state index >= 15 is 0 Å². The van der Waals surface area contributed by atoms with Crippen LogP contribution in [0.3, 0.4) is 0 Å². The molecule has 7 nitrogen and oxygen atoms in total. The monoisotopic (exact) mass is 329 g/mol. The SMILES string of the molecule is Clc1cnc2nc(N3CC4CCCNC4C3)c3nncn3c2c1. The number of halogens is 1. The van der Waals surface area contributed by atoms with E-state index in [1.807, 2.05) is 10.5 Å². The van der Waals surface area contributed by atoms with Crippen LogP contribution in [0.2, 0.25) is 5.02 Å². The summed E-state index contributed by atoms with van der Waals surface area (Å²) in [5.74, 6) is 1.54. The van der Waals surface area contributed by atoms with Gasteiger partial charge in [-0.1, -0.05) is 11.6 Å². The predicted octanol–water partition coefficient (Wildman–Crippen LogP) is 1.51. The standard InChI is InChI=1S/C15H16ClN7/c16-10-4-12-13(18-5-10)20-14(15-21-19-8-23(12)15)22-6-9-2-1-3-17-11(9)7-22/h4-5,8-9,11,17H,1-3,6-7H2. The number of anilines is 1. The summed E-state index contributed by atoms with van der Waals surface area (Å²) in [5, 5.41) is 12.5. The van der Waals surface area contributed by atoms with Crippen LogP contribution in [-0.4, -0.2) is 50.2 Å². The first kappa shape index (κ1) is 13.4. The van der Waals surface area contributed by atoms with E-state index in [9.17, 15) is 0 Å². The van der Waals surface area contributed by atoms with Gasteiger partial charge in [0.25, 0.3) is 0 Å². The third kappa shape index (κ3) is 2.07. The summed E-state index contributed by atoms with van der Waals surface area (Å²) in [4.78, 5) is 11.4. The lowest BCUT2D eigenvalue weighted by atomic mass is 9.94. The summed E-state index contributed by atoms with van der Waals surface area (Å²) < 4.78 is 1.92. The smallest absolute Gasteiger partial charge is 0.204 e. The van der Waals surface area contributed by atoms with Crippen LogP contribution in [0.25, 0.3) is 16.8 Å². The molecule has 3 aromatic rings. The highest BCUT2D eigenvalue weighted by molar-refractivity contribution is 6.31. The molecular weight excluding hydrogens is 314 g/mol. The molecule has 0 spiro atoms. The summed E-state index contributed by atoms with van der Waals surface area (Å²) in [6.45, 7) is 3.08. The van der Waals surface area contributed by atoms with Gasteiger partial charge >= 0.3 is 0 Å². The van der Waals surface area contributed by atoms with Crippen molar-refractivity contribution in [3.05, 3.63) is 23.6 Å². The fourth-order valence-corrected chi connectivity index (χ4v) is 3.98. The largest absolute Gasteiger partial charge is 0.351 e. The fourth-order valence-electron chi connectivity index (χ4n) is 3.83. The molecule has 2 saturated heterocycles. The van der Waals surface area contributed by atoms with Gasteiger partial charge in [-0.15, -0.1) is 10.2 Å². The van der Waals surface area contributed by atoms with Crippen molar-refractivity contribution in [2.24, 2.45) is 5.92 Å². The van der Waals surface area contributed by atoms with Crippen molar-refractivity contribution < 1.29 is 0 Å². The Morgan fingerprint density at radius 3 is 3.17 bits per heavy atom. The first-order valence-electron chi connectivity index (χ1n) is 7.93. The molecule has 0 bridgehead atoms. The minimum absolute atomic E-state index is 0.544. The van der Waals surface area contributed by atoms with Gasteiger partial charge in [-0.2, -0.15) is 0 Å². The molecule has 3 aromatic heterocycles. The highest BCUT2D eigenvalue weighted by Gasteiger charge is 2.36. The van der Waals surface area contributed by atoms with Crippen molar-refractivity contribution in [2.75, 3.05) is 24.5 Å². The van der Waals surface area contributed by atoms with E-state index in [4.69, 9.17) is 16.6 Å². The summed E-state index contributed by atoms with van der Waals surface area (Å²) >= 11 is 6.07. The minimum Gasteiger partial charge on any atom is -0.351 e. The molecule has 0 amide bonds. The predicted molar refractivity (Wildman–Crippen MR) is 87.8 cm³/mol. The van der Waals surface area contributed by atoms with Crippen LogP contribution in [0.4, 0.5) is 5.82 Å². The number of piperidine rings is 1. The molecule has 0 aromatic carbocycles. The maximum absolute atomic E-state index is 6.07. The van der Waals surface area contributed by atoms with Crippen LogP contribution in [0.15, 0.2) is 18.6 Å². The average molecular weight is 330 g/mol. The van der Waals surface area contributed by atoms with E-state index in [0.717, 1.165) is 36.6 Å². The average Bonchev–Trinajstić information content (AvgIpc) is 3.21. The number of aromatic nitrogens is 5. The van der Waals surface area contributed by atoms with Crippen LogP contribution >= 0.6 is 11.6 Å². The van der Waals surface area contributed by atoms with Crippen LogP contribution in [0.5, 0.6) is 0 Å². The van der Waals surface area contributed by atoms with Gasteiger partial charge < -0.3 is 10.2 Å². The maximum atomic E-state index is 6.07. The van der Waals surface area contributed by atoms with Crippen molar-refractivity contribution in [3.8, 4) is 0 Å². The van der Waals surface area contributed by atoms with Gasteiger partial charge in [0.05, 0.1) is 10.5 Å². The topological polar surface area (TPSA) is 71.2 Å². The normalized spacial score (nSPS) is 24.5. The number of fused-ring (bicyclic) bond motifs is 4. The Hall–Kier alpha value is -1.99. The number of nitrogens with one attached hydrogen (secondary N) is 1. The zero-order valence-corrected chi connectivity index (χ0v) is 13.2. The van der Waals surface area contributed by atoms with Crippen molar-refractivity contribution in [1.82, 2.24) is 29.9 Å². The molecule has 23 heavy (non-hydrogen) atoms. The third-order valence-corrected chi connectivity index (χ3v) is 5.14. The Bertz CT molecular complexity index is 878. The summed E-state index contributed by atoms with van der Waals surface area (Å²) in [5.41, 5.74) is 2.26. The lowest BCUT2D eigenvalue weighted by Gasteiger charge is -2.24. The van der Waals surface area contributed by atoms with Gasteiger partial charge in [-0.25, -0.2) is 9.97 Å². The Kier molecular flexibility index (Phi) is 2.93. The second-order valence-corrected chi connectivity index (χ2v) is 6.76. The zero-order chi connectivity index (χ0) is 15.4. The second kappa shape index (κ2) is 5.01. The van der Waals surface area contributed by atoms with Crippen LogP contribution in [0.1, 0.15) is 12.8 Å². The third-order valence-electron chi connectivity index (χ3n) is 4.93. The lowest BCUT2D eigenvalue weighted by Crippen LogP contribution is -2.40. The van der Waals surface area contributed by atoms with Gasteiger partial charge in [0.2, 0.25) is 5.65 Å². The number of hydrogen-bond acceptors (Lipinski definition) is 6. The molecule has 0 radical (unpaired) electrons. The second-order valence-electron chi connectivity index (χ2n) is 6.32. The quantitative estimate of drug-likeness (QED) is 0.730. The Morgan fingerprint density at radius 2 is 2.26 bits per heavy atom. The molecular formula is C15H16ClN7. The van der Waals surface area contributed by atoms with Gasteiger partial charge in [0.1, 0.15) is 6.33 Å². The maximum Gasteiger partial charge on any atom is 0.204 e. The first-order chi connectivity index (χ1) is 11.3. The summed E-state index contributed by atoms with van der Waals surface area (Å²) in [7, 11) is 0. The highest BCUT2D eigenvalue weighted by Crippen LogP contribution is 2.31. The Labute approximate surface area is 137 Å². The molecule has 2 aliphatic rings.